The number of rotatable bonds is 1. The van der Waals surface area contributed by atoms with Crippen LogP contribution in [0.15, 0.2) is 0 Å². The fourth-order valence-corrected chi connectivity index (χ4v) is 1.75. The maximum absolute atomic E-state index is 5.42. The zero-order valence-corrected chi connectivity index (χ0v) is 5.76. The standard InChI is InChI=1S/C7H13NO/c1-8-5-3-2-4-6-7(5)9-6/h5-8H,2-4H2,1H3. The normalized spacial score (nSPS) is 48.3. The van der Waals surface area contributed by atoms with Gasteiger partial charge in [0.25, 0.3) is 0 Å². The van der Waals surface area contributed by atoms with E-state index >= 15 is 0 Å². The Bertz CT molecular complexity index is 115. The topological polar surface area (TPSA) is 24.6 Å². The Kier molecular flexibility index (Phi) is 1.24. The van der Waals surface area contributed by atoms with E-state index in [1.54, 1.807) is 0 Å². The van der Waals surface area contributed by atoms with Crippen molar-refractivity contribution in [3.8, 4) is 0 Å². The van der Waals surface area contributed by atoms with Crippen LogP contribution in [0, 0.1) is 0 Å². The Morgan fingerprint density at radius 2 is 2.33 bits per heavy atom. The van der Waals surface area contributed by atoms with Gasteiger partial charge in [0.1, 0.15) is 0 Å². The van der Waals surface area contributed by atoms with E-state index in [0.717, 1.165) is 0 Å². The van der Waals surface area contributed by atoms with Crippen molar-refractivity contribution in [1.29, 1.82) is 0 Å². The quantitative estimate of drug-likeness (QED) is 0.519. The number of fused-ring (bicyclic) bond motifs is 1. The molecule has 1 saturated carbocycles. The van der Waals surface area contributed by atoms with Crippen LogP contribution in [0.1, 0.15) is 19.3 Å². The number of hydrogen-bond acceptors (Lipinski definition) is 2. The van der Waals surface area contributed by atoms with Gasteiger partial charge in [-0.15, -0.1) is 0 Å². The van der Waals surface area contributed by atoms with E-state index in [9.17, 15) is 0 Å². The average Bonchev–Trinajstić information content (AvgIpc) is 2.64. The lowest BCUT2D eigenvalue weighted by atomic mass is 9.96. The molecule has 2 heteroatoms. The minimum absolute atomic E-state index is 0.573. The molecule has 0 aromatic carbocycles. The van der Waals surface area contributed by atoms with Crippen LogP contribution in [0.3, 0.4) is 0 Å². The van der Waals surface area contributed by atoms with Gasteiger partial charge in [-0.1, -0.05) is 0 Å². The Balaban J connectivity index is 1.93. The van der Waals surface area contributed by atoms with E-state index in [2.05, 4.69) is 5.32 Å². The summed E-state index contributed by atoms with van der Waals surface area (Å²) in [4.78, 5) is 0. The number of nitrogens with one attached hydrogen (secondary N) is 1. The summed E-state index contributed by atoms with van der Waals surface area (Å²) >= 11 is 0. The molecule has 9 heavy (non-hydrogen) atoms. The van der Waals surface area contributed by atoms with Crippen molar-refractivity contribution in [3.05, 3.63) is 0 Å². The smallest absolute Gasteiger partial charge is 0.0994 e. The molecule has 1 aliphatic carbocycles. The highest BCUT2D eigenvalue weighted by atomic mass is 16.6. The Morgan fingerprint density at radius 3 is 3.00 bits per heavy atom. The predicted octanol–water partition coefficient (Wildman–Crippen LogP) is 0.526. The van der Waals surface area contributed by atoms with Crippen LogP contribution >= 0.6 is 0 Å². The average molecular weight is 127 g/mol. The van der Waals surface area contributed by atoms with E-state index in [4.69, 9.17) is 4.74 Å². The van der Waals surface area contributed by atoms with Gasteiger partial charge < -0.3 is 10.1 Å². The van der Waals surface area contributed by atoms with Crippen molar-refractivity contribution in [2.75, 3.05) is 7.05 Å². The Labute approximate surface area is 55.6 Å². The molecule has 3 atom stereocenters. The first kappa shape index (κ1) is 5.69. The zero-order chi connectivity index (χ0) is 6.27. The number of likely N-dealkylation sites (N-methyl/N-ethyl adjacent to an activating group) is 1. The predicted molar refractivity (Wildman–Crippen MR) is 35.4 cm³/mol. The lowest BCUT2D eigenvalue weighted by molar-refractivity contribution is 0.343. The molecule has 2 fully saturated rings. The molecule has 0 spiro atoms. The summed E-state index contributed by atoms with van der Waals surface area (Å²) in [6.45, 7) is 0. The van der Waals surface area contributed by atoms with Gasteiger partial charge in [0.05, 0.1) is 12.2 Å². The maximum atomic E-state index is 5.42. The van der Waals surface area contributed by atoms with Gasteiger partial charge in [-0.05, 0) is 26.3 Å². The van der Waals surface area contributed by atoms with Crippen molar-refractivity contribution < 1.29 is 4.74 Å². The van der Waals surface area contributed by atoms with Crippen LogP contribution in [0.25, 0.3) is 0 Å². The number of ether oxygens (including phenoxy) is 1. The van der Waals surface area contributed by atoms with Crippen LogP contribution in [-0.4, -0.2) is 25.3 Å². The fourth-order valence-electron chi connectivity index (χ4n) is 1.75. The third-order valence-electron chi connectivity index (χ3n) is 2.39. The summed E-state index contributed by atoms with van der Waals surface area (Å²) in [5, 5.41) is 3.27. The summed E-state index contributed by atoms with van der Waals surface area (Å²) < 4.78 is 5.42. The van der Waals surface area contributed by atoms with Crippen LogP contribution < -0.4 is 5.32 Å². The van der Waals surface area contributed by atoms with Gasteiger partial charge in [-0.25, -0.2) is 0 Å². The first-order valence-electron chi connectivity index (χ1n) is 3.74. The molecule has 3 unspecified atom stereocenters. The number of hydrogen-bond donors (Lipinski definition) is 1. The first-order valence-corrected chi connectivity index (χ1v) is 3.74. The first-order chi connectivity index (χ1) is 4.42. The highest BCUT2D eigenvalue weighted by Crippen LogP contribution is 2.36. The van der Waals surface area contributed by atoms with Gasteiger partial charge >= 0.3 is 0 Å². The molecule has 0 bridgehead atoms. The highest BCUT2D eigenvalue weighted by molar-refractivity contribution is 4.97. The van der Waals surface area contributed by atoms with E-state index in [-0.39, 0.29) is 0 Å². The second kappa shape index (κ2) is 1.96. The lowest BCUT2D eigenvalue weighted by Crippen LogP contribution is -2.34. The third-order valence-corrected chi connectivity index (χ3v) is 2.39. The van der Waals surface area contributed by atoms with Crippen LogP contribution in [-0.2, 0) is 4.74 Å². The monoisotopic (exact) mass is 127 g/mol. The minimum atomic E-state index is 0.573. The molecular weight excluding hydrogens is 114 g/mol. The van der Waals surface area contributed by atoms with E-state index in [0.29, 0.717) is 18.2 Å². The Hall–Kier alpha value is -0.0800. The van der Waals surface area contributed by atoms with Crippen LogP contribution in [0.4, 0.5) is 0 Å². The van der Waals surface area contributed by atoms with Crippen molar-refractivity contribution >= 4 is 0 Å². The third kappa shape index (κ3) is 0.864. The molecule has 1 N–H and O–H groups in total. The molecule has 1 saturated heterocycles. The molecular formula is C7H13NO. The van der Waals surface area contributed by atoms with Crippen LogP contribution in [0.5, 0.6) is 0 Å². The molecule has 0 amide bonds. The van der Waals surface area contributed by atoms with Crippen LogP contribution in [0.2, 0.25) is 0 Å². The molecule has 0 aromatic heterocycles. The second-order valence-corrected chi connectivity index (χ2v) is 2.97. The summed E-state index contributed by atoms with van der Waals surface area (Å²) in [7, 11) is 2.02. The SMILES string of the molecule is CNC1CCCC2OC12. The number of epoxide rings is 1. The molecule has 1 aliphatic heterocycles. The van der Waals surface area contributed by atoms with E-state index in [1.807, 2.05) is 7.05 Å². The van der Waals surface area contributed by atoms with Gasteiger partial charge in [-0.2, -0.15) is 0 Å². The van der Waals surface area contributed by atoms with Gasteiger partial charge in [0, 0.05) is 6.04 Å². The van der Waals surface area contributed by atoms with E-state index < -0.39 is 0 Å². The highest BCUT2D eigenvalue weighted by Gasteiger charge is 2.46. The second-order valence-electron chi connectivity index (χ2n) is 2.97. The van der Waals surface area contributed by atoms with Crippen molar-refractivity contribution in [2.45, 2.75) is 37.5 Å². The molecule has 52 valence electrons. The molecule has 0 aromatic rings. The largest absolute Gasteiger partial charge is 0.368 e. The summed E-state index contributed by atoms with van der Waals surface area (Å²) in [6.07, 6.45) is 5.13. The van der Waals surface area contributed by atoms with Gasteiger partial charge in [0.15, 0.2) is 0 Å². The van der Waals surface area contributed by atoms with Gasteiger partial charge in [0.2, 0.25) is 0 Å². The van der Waals surface area contributed by atoms with Crippen molar-refractivity contribution in [1.82, 2.24) is 5.32 Å². The minimum Gasteiger partial charge on any atom is -0.368 e. The molecule has 2 nitrogen and oxygen atoms in total. The molecule has 2 aliphatic rings. The maximum Gasteiger partial charge on any atom is 0.0994 e. The fraction of sp³-hybridized carbons (Fsp3) is 1.00. The van der Waals surface area contributed by atoms with E-state index in [1.165, 1.54) is 19.3 Å². The lowest BCUT2D eigenvalue weighted by Gasteiger charge is -2.16. The van der Waals surface area contributed by atoms with Crippen molar-refractivity contribution in [2.24, 2.45) is 0 Å². The molecule has 1 heterocycles. The van der Waals surface area contributed by atoms with Gasteiger partial charge in [-0.3, -0.25) is 0 Å². The zero-order valence-electron chi connectivity index (χ0n) is 5.76. The van der Waals surface area contributed by atoms with Crippen molar-refractivity contribution in [3.63, 3.8) is 0 Å². The summed E-state index contributed by atoms with van der Waals surface area (Å²) in [5.74, 6) is 0. The summed E-state index contributed by atoms with van der Waals surface area (Å²) in [5.41, 5.74) is 0. The molecule has 0 radical (unpaired) electrons. The Morgan fingerprint density at radius 1 is 1.44 bits per heavy atom. The molecule has 2 rings (SSSR count). The summed E-state index contributed by atoms with van der Waals surface area (Å²) in [6, 6.07) is 0.656.